The SMILES string of the molecule is CC1C[C@H]2CC[C@@H](C1)N2Cc1ccc(C(F)F)cc1. The molecule has 2 heterocycles. The topological polar surface area (TPSA) is 3.24 Å². The Bertz CT molecular complexity index is 415. The Morgan fingerprint density at radius 3 is 2.21 bits per heavy atom. The second-order valence-corrected chi connectivity index (χ2v) is 6.18. The van der Waals surface area contributed by atoms with Gasteiger partial charge in [-0.05, 0) is 37.2 Å². The van der Waals surface area contributed by atoms with Crippen LogP contribution in [0.15, 0.2) is 24.3 Å². The van der Waals surface area contributed by atoms with Crippen LogP contribution in [-0.4, -0.2) is 17.0 Å². The van der Waals surface area contributed by atoms with Crippen molar-refractivity contribution in [2.45, 2.75) is 57.7 Å². The molecule has 0 aromatic heterocycles. The molecule has 2 aliphatic heterocycles. The lowest BCUT2D eigenvalue weighted by Crippen LogP contribution is -2.41. The first kappa shape index (κ1) is 13.0. The third-order valence-corrected chi connectivity index (χ3v) is 4.72. The average molecular weight is 265 g/mol. The molecule has 0 amide bonds. The molecule has 1 aromatic rings. The summed E-state index contributed by atoms with van der Waals surface area (Å²) in [6.07, 6.45) is 2.85. The van der Waals surface area contributed by atoms with E-state index in [1.165, 1.54) is 25.7 Å². The first-order valence-corrected chi connectivity index (χ1v) is 7.26. The number of alkyl halides is 2. The van der Waals surface area contributed by atoms with Gasteiger partial charge in [-0.15, -0.1) is 0 Å². The Labute approximate surface area is 113 Å². The van der Waals surface area contributed by atoms with Gasteiger partial charge in [0.2, 0.25) is 0 Å². The van der Waals surface area contributed by atoms with Gasteiger partial charge in [0.25, 0.3) is 6.43 Å². The Hall–Kier alpha value is -0.960. The second kappa shape index (κ2) is 5.20. The molecule has 0 saturated carbocycles. The number of hydrogen-bond donors (Lipinski definition) is 0. The van der Waals surface area contributed by atoms with Gasteiger partial charge in [0.15, 0.2) is 0 Å². The number of piperidine rings is 1. The minimum atomic E-state index is -2.36. The monoisotopic (exact) mass is 265 g/mol. The zero-order valence-electron chi connectivity index (χ0n) is 11.4. The highest BCUT2D eigenvalue weighted by Crippen LogP contribution is 2.39. The molecule has 3 rings (SSSR count). The molecule has 1 aromatic carbocycles. The fourth-order valence-corrected chi connectivity index (χ4v) is 3.78. The summed E-state index contributed by atoms with van der Waals surface area (Å²) in [6.45, 7) is 3.27. The summed E-state index contributed by atoms with van der Waals surface area (Å²) in [7, 11) is 0. The highest BCUT2D eigenvalue weighted by molar-refractivity contribution is 5.23. The minimum Gasteiger partial charge on any atom is -0.293 e. The summed E-state index contributed by atoms with van der Waals surface area (Å²) in [4.78, 5) is 2.59. The van der Waals surface area contributed by atoms with Gasteiger partial charge in [0, 0.05) is 24.2 Å². The van der Waals surface area contributed by atoms with Crippen LogP contribution in [-0.2, 0) is 6.54 Å². The number of hydrogen-bond acceptors (Lipinski definition) is 1. The van der Waals surface area contributed by atoms with E-state index in [9.17, 15) is 8.78 Å². The third-order valence-electron chi connectivity index (χ3n) is 4.72. The average Bonchev–Trinajstić information content (AvgIpc) is 2.62. The highest BCUT2D eigenvalue weighted by atomic mass is 19.3. The molecule has 2 bridgehead atoms. The van der Waals surface area contributed by atoms with Gasteiger partial charge in [-0.3, -0.25) is 4.90 Å². The maximum absolute atomic E-state index is 12.5. The predicted octanol–water partition coefficient (Wildman–Crippen LogP) is 4.39. The number of fused-ring (bicyclic) bond motifs is 2. The fraction of sp³-hybridized carbons (Fsp3) is 0.625. The molecule has 2 fully saturated rings. The van der Waals surface area contributed by atoms with Crippen LogP contribution in [0.2, 0.25) is 0 Å². The molecule has 1 nitrogen and oxygen atoms in total. The van der Waals surface area contributed by atoms with E-state index in [4.69, 9.17) is 0 Å². The standard InChI is InChI=1S/C16H21F2N/c1-11-8-14-6-7-15(9-11)19(14)10-12-2-4-13(5-3-12)16(17)18/h2-5,11,14-16H,6-10H2,1H3/t11?,14-,15+. The highest BCUT2D eigenvalue weighted by Gasteiger charge is 2.38. The van der Waals surface area contributed by atoms with Crippen LogP contribution in [0.25, 0.3) is 0 Å². The lowest BCUT2D eigenvalue weighted by Gasteiger charge is -2.37. The largest absolute Gasteiger partial charge is 0.293 e. The molecule has 0 aliphatic carbocycles. The van der Waals surface area contributed by atoms with Crippen molar-refractivity contribution in [2.75, 3.05) is 0 Å². The molecular weight excluding hydrogens is 244 g/mol. The van der Waals surface area contributed by atoms with Crippen molar-refractivity contribution in [1.29, 1.82) is 0 Å². The summed E-state index contributed by atoms with van der Waals surface area (Å²) in [6, 6.07) is 8.27. The van der Waals surface area contributed by atoms with Gasteiger partial charge in [-0.2, -0.15) is 0 Å². The van der Waals surface area contributed by atoms with Gasteiger partial charge in [-0.25, -0.2) is 8.78 Å². The van der Waals surface area contributed by atoms with Gasteiger partial charge < -0.3 is 0 Å². The molecule has 2 saturated heterocycles. The number of rotatable bonds is 3. The summed E-state index contributed by atoms with van der Waals surface area (Å²) >= 11 is 0. The molecule has 3 atom stereocenters. The summed E-state index contributed by atoms with van der Waals surface area (Å²) in [5.41, 5.74) is 1.29. The van der Waals surface area contributed by atoms with Crippen molar-refractivity contribution in [1.82, 2.24) is 4.90 Å². The van der Waals surface area contributed by atoms with Crippen LogP contribution in [0, 0.1) is 5.92 Å². The lowest BCUT2D eigenvalue weighted by molar-refractivity contribution is 0.102. The quantitative estimate of drug-likeness (QED) is 0.783. The summed E-state index contributed by atoms with van der Waals surface area (Å²) in [5.74, 6) is 0.843. The smallest absolute Gasteiger partial charge is 0.263 e. The van der Waals surface area contributed by atoms with Crippen LogP contribution in [0.4, 0.5) is 8.78 Å². The zero-order valence-corrected chi connectivity index (χ0v) is 11.4. The van der Waals surface area contributed by atoms with Gasteiger partial charge >= 0.3 is 0 Å². The van der Waals surface area contributed by atoms with E-state index in [-0.39, 0.29) is 5.56 Å². The maximum Gasteiger partial charge on any atom is 0.263 e. The molecule has 1 unspecified atom stereocenters. The predicted molar refractivity (Wildman–Crippen MR) is 72.2 cm³/mol. The Kier molecular flexibility index (Phi) is 3.57. The molecule has 0 N–H and O–H groups in total. The normalized spacial score (nSPS) is 31.1. The van der Waals surface area contributed by atoms with Gasteiger partial charge in [-0.1, -0.05) is 31.2 Å². The molecule has 0 spiro atoms. The van der Waals surface area contributed by atoms with Crippen molar-refractivity contribution in [3.05, 3.63) is 35.4 Å². The van der Waals surface area contributed by atoms with E-state index < -0.39 is 6.43 Å². The minimum absolute atomic E-state index is 0.124. The van der Waals surface area contributed by atoms with E-state index >= 15 is 0 Å². The Morgan fingerprint density at radius 1 is 1.11 bits per heavy atom. The van der Waals surface area contributed by atoms with Crippen molar-refractivity contribution in [3.63, 3.8) is 0 Å². The van der Waals surface area contributed by atoms with Crippen molar-refractivity contribution in [3.8, 4) is 0 Å². The van der Waals surface area contributed by atoms with Crippen molar-refractivity contribution < 1.29 is 8.78 Å². The van der Waals surface area contributed by atoms with Gasteiger partial charge in [0.1, 0.15) is 0 Å². The van der Waals surface area contributed by atoms with Gasteiger partial charge in [0.05, 0.1) is 0 Å². The Balaban J connectivity index is 1.68. The Morgan fingerprint density at radius 2 is 1.68 bits per heavy atom. The second-order valence-electron chi connectivity index (χ2n) is 6.18. The van der Waals surface area contributed by atoms with Crippen LogP contribution < -0.4 is 0 Å². The van der Waals surface area contributed by atoms with Crippen LogP contribution in [0.3, 0.4) is 0 Å². The summed E-state index contributed by atoms with van der Waals surface area (Å²) < 4.78 is 25.0. The van der Waals surface area contributed by atoms with E-state index in [1.54, 1.807) is 12.1 Å². The van der Waals surface area contributed by atoms with Crippen molar-refractivity contribution in [2.24, 2.45) is 5.92 Å². The molecule has 19 heavy (non-hydrogen) atoms. The first-order valence-electron chi connectivity index (χ1n) is 7.26. The van der Waals surface area contributed by atoms with Crippen molar-refractivity contribution >= 4 is 0 Å². The van der Waals surface area contributed by atoms with E-state index in [0.717, 1.165) is 18.0 Å². The summed E-state index contributed by atoms with van der Waals surface area (Å²) in [5, 5.41) is 0. The maximum atomic E-state index is 12.5. The number of halogens is 2. The van der Waals surface area contributed by atoms with Crippen LogP contribution in [0.1, 0.15) is 50.2 Å². The molecule has 0 radical (unpaired) electrons. The molecule has 3 heteroatoms. The lowest BCUT2D eigenvalue weighted by atomic mass is 9.92. The van der Waals surface area contributed by atoms with E-state index in [2.05, 4.69) is 11.8 Å². The zero-order chi connectivity index (χ0) is 13.4. The molecule has 104 valence electrons. The number of nitrogens with zero attached hydrogens (tertiary/aromatic N) is 1. The fourth-order valence-electron chi connectivity index (χ4n) is 3.78. The first-order chi connectivity index (χ1) is 9.13. The third kappa shape index (κ3) is 2.66. The number of benzene rings is 1. The molecule has 2 aliphatic rings. The van der Waals surface area contributed by atoms with Crippen LogP contribution >= 0.6 is 0 Å². The van der Waals surface area contributed by atoms with E-state index in [0.29, 0.717) is 12.1 Å². The van der Waals surface area contributed by atoms with E-state index in [1.807, 2.05) is 12.1 Å². The molecular formula is C16H21F2N. The van der Waals surface area contributed by atoms with Crippen LogP contribution in [0.5, 0.6) is 0 Å².